The molecule has 0 bridgehead atoms. The van der Waals surface area contributed by atoms with Gasteiger partial charge >= 0.3 is 6.03 Å². The molecule has 0 fully saturated rings. The van der Waals surface area contributed by atoms with Crippen molar-refractivity contribution >= 4 is 6.03 Å². The summed E-state index contributed by atoms with van der Waals surface area (Å²) in [7, 11) is 1.65. The lowest BCUT2D eigenvalue weighted by molar-refractivity contribution is 0.240. The van der Waals surface area contributed by atoms with E-state index >= 15 is 0 Å². The molecule has 6 heteroatoms. The maximum Gasteiger partial charge on any atom is 0.314 e. The SMILES string of the molecule is COc1ccc(CCNC(=O)NCCCn2cc(C)cn2)cc1. The Bertz CT molecular complexity index is 607. The van der Waals surface area contributed by atoms with Crippen LogP contribution in [-0.2, 0) is 13.0 Å². The Morgan fingerprint density at radius 3 is 2.61 bits per heavy atom. The molecule has 0 aliphatic carbocycles. The molecule has 1 aromatic carbocycles. The Balaban J connectivity index is 1.55. The molecule has 1 aromatic heterocycles. The molecule has 0 spiro atoms. The number of methoxy groups -OCH3 is 1. The average molecular weight is 316 g/mol. The Hall–Kier alpha value is -2.50. The van der Waals surface area contributed by atoms with E-state index in [1.165, 1.54) is 5.56 Å². The summed E-state index contributed by atoms with van der Waals surface area (Å²) in [6, 6.07) is 7.73. The molecule has 2 amide bonds. The molecule has 2 N–H and O–H groups in total. The van der Waals surface area contributed by atoms with E-state index in [1.807, 2.05) is 48.3 Å². The summed E-state index contributed by atoms with van der Waals surface area (Å²) in [5.41, 5.74) is 2.31. The number of carbonyl (C=O) groups excluding carboxylic acids is 1. The summed E-state index contributed by atoms with van der Waals surface area (Å²) in [6.07, 6.45) is 5.48. The number of aromatic nitrogens is 2. The van der Waals surface area contributed by atoms with Crippen molar-refractivity contribution in [3.8, 4) is 5.75 Å². The van der Waals surface area contributed by atoms with Gasteiger partial charge in [0.1, 0.15) is 5.75 Å². The zero-order chi connectivity index (χ0) is 16.5. The van der Waals surface area contributed by atoms with Crippen molar-refractivity contribution in [2.24, 2.45) is 0 Å². The first-order valence-electron chi connectivity index (χ1n) is 7.81. The number of nitrogens with zero attached hydrogens (tertiary/aromatic N) is 2. The number of urea groups is 1. The lowest BCUT2D eigenvalue weighted by Gasteiger charge is -2.08. The largest absolute Gasteiger partial charge is 0.497 e. The zero-order valence-corrected chi connectivity index (χ0v) is 13.7. The number of nitrogens with one attached hydrogen (secondary N) is 2. The number of aryl methyl sites for hydroxylation is 2. The first-order valence-corrected chi connectivity index (χ1v) is 7.81. The molecule has 0 atom stereocenters. The predicted octanol–water partition coefficient (Wildman–Crippen LogP) is 2.13. The standard InChI is InChI=1S/C17H24N4O2/c1-14-12-20-21(13-14)11-3-9-18-17(22)19-10-8-15-4-6-16(23-2)7-5-15/h4-7,12-13H,3,8-11H2,1-2H3,(H2,18,19,22). The fraction of sp³-hybridized carbons (Fsp3) is 0.412. The number of benzene rings is 1. The molecular weight excluding hydrogens is 292 g/mol. The maximum absolute atomic E-state index is 11.7. The Kier molecular flexibility index (Phi) is 6.47. The highest BCUT2D eigenvalue weighted by molar-refractivity contribution is 5.73. The molecule has 6 nitrogen and oxygen atoms in total. The van der Waals surface area contributed by atoms with Crippen LogP contribution in [0.4, 0.5) is 4.79 Å². The normalized spacial score (nSPS) is 10.3. The maximum atomic E-state index is 11.7. The van der Waals surface area contributed by atoms with E-state index in [0.717, 1.165) is 30.7 Å². The molecule has 124 valence electrons. The van der Waals surface area contributed by atoms with Crippen LogP contribution in [-0.4, -0.2) is 36.0 Å². The van der Waals surface area contributed by atoms with Gasteiger partial charge in [-0.15, -0.1) is 0 Å². The Morgan fingerprint density at radius 2 is 1.96 bits per heavy atom. The van der Waals surface area contributed by atoms with E-state index in [9.17, 15) is 4.79 Å². The summed E-state index contributed by atoms with van der Waals surface area (Å²) in [5, 5.41) is 9.92. The van der Waals surface area contributed by atoms with Crippen LogP contribution in [0.1, 0.15) is 17.5 Å². The Morgan fingerprint density at radius 1 is 1.22 bits per heavy atom. The minimum absolute atomic E-state index is 0.129. The van der Waals surface area contributed by atoms with Crippen LogP contribution in [0.25, 0.3) is 0 Å². The van der Waals surface area contributed by atoms with Crippen molar-refractivity contribution in [1.82, 2.24) is 20.4 Å². The third-order valence-electron chi connectivity index (χ3n) is 3.47. The molecule has 0 saturated heterocycles. The minimum atomic E-state index is -0.129. The van der Waals surface area contributed by atoms with Gasteiger partial charge in [0, 0.05) is 25.8 Å². The van der Waals surface area contributed by atoms with Crippen molar-refractivity contribution in [3.63, 3.8) is 0 Å². The monoisotopic (exact) mass is 316 g/mol. The van der Waals surface area contributed by atoms with Crippen LogP contribution in [0.5, 0.6) is 5.75 Å². The van der Waals surface area contributed by atoms with E-state index < -0.39 is 0 Å². The summed E-state index contributed by atoms with van der Waals surface area (Å²) in [4.78, 5) is 11.7. The van der Waals surface area contributed by atoms with Crippen LogP contribution < -0.4 is 15.4 Å². The highest BCUT2D eigenvalue weighted by Gasteiger charge is 2.00. The van der Waals surface area contributed by atoms with Gasteiger partial charge in [0.05, 0.1) is 13.3 Å². The quantitative estimate of drug-likeness (QED) is 0.733. The van der Waals surface area contributed by atoms with Crippen molar-refractivity contribution in [3.05, 3.63) is 47.8 Å². The molecule has 0 aliphatic heterocycles. The summed E-state index contributed by atoms with van der Waals surface area (Å²) >= 11 is 0. The number of hydrogen-bond acceptors (Lipinski definition) is 3. The van der Waals surface area contributed by atoms with Gasteiger partial charge in [0.25, 0.3) is 0 Å². The van der Waals surface area contributed by atoms with Gasteiger partial charge in [-0.1, -0.05) is 12.1 Å². The molecule has 0 unspecified atom stereocenters. The van der Waals surface area contributed by atoms with E-state index in [-0.39, 0.29) is 6.03 Å². The molecule has 2 aromatic rings. The summed E-state index contributed by atoms with van der Waals surface area (Å²) in [6.45, 7) is 4.06. The highest BCUT2D eigenvalue weighted by atomic mass is 16.5. The predicted molar refractivity (Wildman–Crippen MR) is 89.7 cm³/mol. The smallest absolute Gasteiger partial charge is 0.314 e. The van der Waals surface area contributed by atoms with Crippen LogP contribution in [0.2, 0.25) is 0 Å². The number of rotatable bonds is 8. The number of ether oxygens (including phenoxy) is 1. The van der Waals surface area contributed by atoms with Crippen LogP contribution >= 0.6 is 0 Å². The van der Waals surface area contributed by atoms with Crippen LogP contribution in [0.15, 0.2) is 36.7 Å². The third-order valence-corrected chi connectivity index (χ3v) is 3.47. The number of hydrogen-bond donors (Lipinski definition) is 2. The van der Waals surface area contributed by atoms with Crippen LogP contribution in [0, 0.1) is 6.92 Å². The second-order valence-electron chi connectivity index (χ2n) is 5.42. The molecule has 2 rings (SSSR count). The molecule has 23 heavy (non-hydrogen) atoms. The van der Waals surface area contributed by atoms with E-state index in [4.69, 9.17) is 4.74 Å². The van der Waals surface area contributed by atoms with Gasteiger partial charge in [-0.3, -0.25) is 4.68 Å². The van der Waals surface area contributed by atoms with E-state index in [2.05, 4.69) is 15.7 Å². The fourth-order valence-electron chi connectivity index (χ4n) is 2.21. The second-order valence-corrected chi connectivity index (χ2v) is 5.42. The van der Waals surface area contributed by atoms with Gasteiger partial charge in [0.2, 0.25) is 0 Å². The average Bonchev–Trinajstić information content (AvgIpc) is 2.98. The molecule has 1 heterocycles. The van der Waals surface area contributed by atoms with Crippen molar-refractivity contribution in [1.29, 1.82) is 0 Å². The van der Waals surface area contributed by atoms with Gasteiger partial charge in [-0.05, 0) is 43.0 Å². The summed E-state index contributed by atoms with van der Waals surface area (Å²) < 4.78 is 7.00. The lowest BCUT2D eigenvalue weighted by atomic mass is 10.1. The van der Waals surface area contributed by atoms with Gasteiger partial charge < -0.3 is 15.4 Å². The molecule has 0 saturated carbocycles. The molecular formula is C17H24N4O2. The fourth-order valence-corrected chi connectivity index (χ4v) is 2.21. The van der Waals surface area contributed by atoms with Crippen molar-refractivity contribution in [2.45, 2.75) is 26.3 Å². The first-order chi connectivity index (χ1) is 11.2. The highest BCUT2D eigenvalue weighted by Crippen LogP contribution is 2.11. The first kappa shape index (κ1) is 16.9. The van der Waals surface area contributed by atoms with Gasteiger partial charge in [0.15, 0.2) is 0 Å². The second kappa shape index (κ2) is 8.82. The lowest BCUT2D eigenvalue weighted by Crippen LogP contribution is -2.37. The Labute approximate surface area is 136 Å². The minimum Gasteiger partial charge on any atom is -0.497 e. The van der Waals surface area contributed by atoms with Gasteiger partial charge in [-0.25, -0.2) is 4.79 Å². The van der Waals surface area contributed by atoms with E-state index in [0.29, 0.717) is 13.1 Å². The van der Waals surface area contributed by atoms with Crippen LogP contribution in [0.3, 0.4) is 0 Å². The van der Waals surface area contributed by atoms with Crippen molar-refractivity contribution in [2.75, 3.05) is 20.2 Å². The third kappa shape index (κ3) is 6.02. The van der Waals surface area contributed by atoms with Gasteiger partial charge in [-0.2, -0.15) is 5.10 Å². The zero-order valence-electron chi connectivity index (χ0n) is 13.7. The topological polar surface area (TPSA) is 68.2 Å². The number of amides is 2. The number of carbonyl (C=O) groups is 1. The molecule has 0 radical (unpaired) electrons. The van der Waals surface area contributed by atoms with E-state index in [1.54, 1.807) is 7.11 Å². The summed E-state index contributed by atoms with van der Waals surface area (Å²) in [5.74, 6) is 0.840. The van der Waals surface area contributed by atoms with Crippen molar-refractivity contribution < 1.29 is 9.53 Å². The molecule has 0 aliphatic rings.